The molecule has 0 bridgehead atoms. The molecule has 0 spiro atoms. The largest absolute Gasteiger partial charge is 0.459 e. The number of rotatable bonds is 5. The molecule has 7 nitrogen and oxygen atoms in total. The highest BCUT2D eigenvalue weighted by molar-refractivity contribution is 6.07. The van der Waals surface area contributed by atoms with E-state index in [0.717, 1.165) is 4.90 Å². The van der Waals surface area contributed by atoms with Gasteiger partial charge in [-0.1, -0.05) is 18.1 Å². The Kier molecular flexibility index (Phi) is 5.99. The summed E-state index contributed by atoms with van der Waals surface area (Å²) in [6.07, 6.45) is 2.65. The van der Waals surface area contributed by atoms with Crippen molar-refractivity contribution < 1.29 is 23.2 Å². The maximum absolute atomic E-state index is 13.8. The van der Waals surface area contributed by atoms with E-state index < -0.39 is 17.4 Å². The van der Waals surface area contributed by atoms with Crippen molar-refractivity contribution in [2.24, 2.45) is 5.92 Å². The SMILES string of the molecule is CC#CCN1C(=O)NC(Cc2cccc(F)c2)(C2CCN(C(=O)c3ccco3)CC2)C1=O. The second-order valence-corrected chi connectivity index (χ2v) is 8.07. The molecule has 4 rings (SSSR count). The van der Waals surface area contributed by atoms with Crippen LogP contribution in [0.4, 0.5) is 9.18 Å². The van der Waals surface area contributed by atoms with E-state index in [1.54, 1.807) is 36.1 Å². The first-order valence-electron chi connectivity index (χ1n) is 10.6. The Labute approximate surface area is 185 Å². The number of carbonyl (C=O) groups excluding carboxylic acids is 3. The van der Waals surface area contributed by atoms with E-state index in [1.165, 1.54) is 18.4 Å². The topological polar surface area (TPSA) is 82.9 Å². The summed E-state index contributed by atoms with van der Waals surface area (Å²) >= 11 is 0. The minimum atomic E-state index is -1.21. The standard InChI is InChI=1S/C24H24FN3O4/c1-2-3-11-28-22(30)24(26-23(28)31,16-17-6-4-7-19(25)15-17)18-9-12-27(13-10-18)21(29)20-8-5-14-32-20/h4-8,14-15,18H,9-13,16H2,1H3,(H,26,31). The monoisotopic (exact) mass is 437 g/mol. The number of hydrogen-bond donors (Lipinski definition) is 1. The quantitative estimate of drug-likeness (QED) is 0.576. The Balaban J connectivity index is 1.59. The van der Waals surface area contributed by atoms with Gasteiger partial charge < -0.3 is 14.6 Å². The number of furan rings is 1. The number of amides is 4. The van der Waals surface area contributed by atoms with Crippen LogP contribution in [-0.4, -0.2) is 52.8 Å². The molecule has 2 fully saturated rings. The van der Waals surface area contributed by atoms with Gasteiger partial charge in [0.15, 0.2) is 5.76 Å². The zero-order valence-electron chi connectivity index (χ0n) is 17.8. The first kappa shape index (κ1) is 21.6. The predicted molar refractivity (Wildman–Crippen MR) is 114 cm³/mol. The highest BCUT2D eigenvalue weighted by Crippen LogP contribution is 2.37. The number of nitrogens with zero attached hydrogens (tertiary/aromatic N) is 2. The van der Waals surface area contributed by atoms with Gasteiger partial charge >= 0.3 is 6.03 Å². The van der Waals surface area contributed by atoms with E-state index in [9.17, 15) is 18.8 Å². The highest BCUT2D eigenvalue weighted by Gasteiger charge is 2.56. The van der Waals surface area contributed by atoms with Crippen molar-refractivity contribution in [1.82, 2.24) is 15.1 Å². The molecule has 4 amide bonds. The molecule has 1 atom stereocenters. The molecule has 1 unspecified atom stereocenters. The van der Waals surface area contributed by atoms with Gasteiger partial charge in [-0.05, 0) is 55.5 Å². The van der Waals surface area contributed by atoms with Crippen molar-refractivity contribution in [2.45, 2.75) is 31.7 Å². The van der Waals surface area contributed by atoms with Gasteiger partial charge in [-0.25, -0.2) is 9.18 Å². The van der Waals surface area contributed by atoms with E-state index in [1.807, 2.05) is 0 Å². The van der Waals surface area contributed by atoms with Crippen LogP contribution in [0, 0.1) is 23.6 Å². The van der Waals surface area contributed by atoms with Crippen LogP contribution >= 0.6 is 0 Å². The first-order valence-corrected chi connectivity index (χ1v) is 10.6. The fourth-order valence-electron chi connectivity index (χ4n) is 4.59. The molecular formula is C24H24FN3O4. The third-order valence-corrected chi connectivity index (χ3v) is 6.20. The first-order chi connectivity index (χ1) is 15.4. The number of halogens is 1. The number of carbonyl (C=O) groups is 3. The number of hydrogen-bond acceptors (Lipinski definition) is 4. The molecule has 2 aliphatic rings. The summed E-state index contributed by atoms with van der Waals surface area (Å²) in [6.45, 7) is 2.49. The van der Waals surface area contributed by atoms with Crippen LogP contribution in [-0.2, 0) is 11.2 Å². The maximum Gasteiger partial charge on any atom is 0.325 e. The average Bonchev–Trinajstić information content (AvgIpc) is 3.40. The molecule has 2 aliphatic heterocycles. The van der Waals surface area contributed by atoms with Crippen molar-refractivity contribution in [3.05, 3.63) is 59.8 Å². The number of urea groups is 1. The molecule has 1 N–H and O–H groups in total. The summed E-state index contributed by atoms with van der Waals surface area (Å²) in [5.74, 6) is 4.57. The van der Waals surface area contributed by atoms with Gasteiger partial charge in [-0.2, -0.15) is 0 Å². The van der Waals surface area contributed by atoms with Gasteiger partial charge in [0.25, 0.3) is 11.8 Å². The number of nitrogens with one attached hydrogen (secondary N) is 1. The summed E-state index contributed by atoms with van der Waals surface area (Å²) < 4.78 is 19.1. The van der Waals surface area contributed by atoms with Gasteiger partial charge in [0, 0.05) is 19.5 Å². The number of piperidine rings is 1. The van der Waals surface area contributed by atoms with Gasteiger partial charge in [-0.3, -0.25) is 14.5 Å². The molecule has 166 valence electrons. The molecule has 8 heteroatoms. The Morgan fingerprint density at radius 1 is 1.25 bits per heavy atom. The Morgan fingerprint density at radius 2 is 2.03 bits per heavy atom. The minimum absolute atomic E-state index is 0.00188. The Bertz CT molecular complexity index is 1080. The lowest BCUT2D eigenvalue weighted by atomic mass is 9.74. The van der Waals surface area contributed by atoms with E-state index >= 15 is 0 Å². The Hall–Kier alpha value is -3.60. The number of likely N-dealkylation sites (tertiary alicyclic amines) is 1. The second-order valence-electron chi connectivity index (χ2n) is 8.07. The lowest BCUT2D eigenvalue weighted by Gasteiger charge is -2.40. The maximum atomic E-state index is 13.8. The van der Waals surface area contributed by atoms with E-state index in [4.69, 9.17) is 4.42 Å². The van der Waals surface area contributed by atoms with Crippen LogP contribution in [0.1, 0.15) is 35.9 Å². The van der Waals surface area contributed by atoms with Gasteiger partial charge in [0.05, 0.1) is 12.8 Å². The predicted octanol–water partition coefficient (Wildman–Crippen LogP) is 2.83. The van der Waals surface area contributed by atoms with E-state index in [2.05, 4.69) is 17.2 Å². The number of benzene rings is 1. The van der Waals surface area contributed by atoms with Crippen molar-refractivity contribution in [3.8, 4) is 11.8 Å². The lowest BCUT2D eigenvalue weighted by Crippen LogP contribution is -2.58. The van der Waals surface area contributed by atoms with Crippen molar-refractivity contribution in [3.63, 3.8) is 0 Å². The fraction of sp³-hybridized carbons (Fsp3) is 0.375. The molecule has 1 aromatic carbocycles. The zero-order chi connectivity index (χ0) is 22.7. The highest BCUT2D eigenvalue weighted by atomic mass is 19.1. The second kappa shape index (κ2) is 8.87. The van der Waals surface area contributed by atoms with Crippen molar-refractivity contribution >= 4 is 17.8 Å². The smallest absolute Gasteiger partial charge is 0.325 e. The van der Waals surface area contributed by atoms with Gasteiger partial charge in [0.2, 0.25) is 0 Å². The van der Waals surface area contributed by atoms with E-state index in [0.29, 0.717) is 31.5 Å². The van der Waals surface area contributed by atoms with Crippen molar-refractivity contribution in [2.75, 3.05) is 19.6 Å². The van der Waals surface area contributed by atoms with Crippen molar-refractivity contribution in [1.29, 1.82) is 0 Å². The summed E-state index contributed by atoms with van der Waals surface area (Å²) in [7, 11) is 0. The average molecular weight is 437 g/mol. The molecule has 32 heavy (non-hydrogen) atoms. The normalized spacial score (nSPS) is 21.3. The third kappa shape index (κ3) is 3.98. The zero-order valence-corrected chi connectivity index (χ0v) is 17.8. The van der Waals surface area contributed by atoms with E-state index in [-0.39, 0.29) is 36.5 Å². The molecule has 2 saturated heterocycles. The van der Waals surface area contributed by atoms with Crippen LogP contribution < -0.4 is 5.32 Å². The molecular weight excluding hydrogens is 413 g/mol. The third-order valence-electron chi connectivity index (χ3n) is 6.20. The van der Waals surface area contributed by atoms with Crippen LogP contribution in [0.2, 0.25) is 0 Å². The van der Waals surface area contributed by atoms with Crippen LogP contribution in [0.3, 0.4) is 0 Å². The summed E-state index contributed by atoms with van der Waals surface area (Å²) in [6, 6.07) is 8.84. The minimum Gasteiger partial charge on any atom is -0.459 e. The molecule has 3 heterocycles. The Morgan fingerprint density at radius 3 is 2.69 bits per heavy atom. The molecule has 0 saturated carbocycles. The summed E-state index contributed by atoms with van der Waals surface area (Å²) in [5, 5.41) is 2.91. The molecule has 2 aromatic rings. The molecule has 0 aliphatic carbocycles. The molecule has 1 aromatic heterocycles. The van der Waals surface area contributed by atoms with Crippen LogP contribution in [0.5, 0.6) is 0 Å². The summed E-state index contributed by atoms with van der Waals surface area (Å²) in [5.41, 5.74) is -0.587. The number of imide groups is 1. The summed E-state index contributed by atoms with van der Waals surface area (Å²) in [4.78, 5) is 41.7. The fourth-order valence-corrected chi connectivity index (χ4v) is 4.59. The van der Waals surface area contributed by atoms with Gasteiger partial charge in [-0.15, -0.1) is 5.92 Å². The van der Waals surface area contributed by atoms with Crippen LogP contribution in [0.15, 0.2) is 47.1 Å². The lowest BCUT2D eigenvalue weighted by molar-refractivity contribution is -0.133. The van der Waals surface area contributed by atoms with Gasteiger partial charge in [0.1, 0.15) is 11.4 Å². The van der Waals surface area contributed by atoms with Crippen LogP contribution in [0.25, 0.3) is 0 Å². The molecule has 0 radical (unpaired) electrons.